The number of aryl methyl sites for hydroxylation is 2. The minimum absolute atomic E-state index is 0.701. The van der Waals surface area contributed by atoms with Gasteiger partial charge in [0.25, 0.3) is 0 Å². The summed E-state index contributed by atoms with van der Waals surface area (Å²) < 4.78 is 5.25. The minimum atomic E-state index is 0.701. The predicted molar refractivity (Wildman–Crippen MR) is 93.1 cm³/mol. The Balaban J connectivity index is 2.10. The SMILES string of the molecule is COCCN(Cc1ccc(C#N)cc1)Cc1ccc(C)cc1C. The first-order chi connectivity index (χ1) is 11.1. The Hall–Kier alpha value is -2.15. The van der Waals surface area contributed by atoms with Crippen molar-refractivity contribution < 1.29 is 4.74 Å². The van der Waals surface area contributed by atoms with E-state index >= 15 is 0 Å². The summed E-state index contributed by atoms with van der Waals surface area (Å²) in [7, 11) is 1.73. The summed E-state index contributed by atoms with van der Waals surface area (Å²) in [4.78, 5) is 2.38. The first kappa shape index (κ1) is 17.2. The van der Waals surface area contributed by atoms with Gasteiger partial charge in [0, 0.05) is 26.7 Å². The Labute approximate surface area is 139 Å². The molecule has 0 aliphatic rings. The zero-order valence-corrected chi connectivity index (χ0v) is 14.2. The van der Waals surface area contributed by atoms with E-state index in [1.807, 2.05) is 24.3 Å². The van der Waals surface area contributed by atoms with E-state index in [4.69, 9.17) is 10.00 Å². The van der Waals surface area contributed by atoms with Crippen LogP contribution in [0.4, 0.5) is 0 Å². The Morgan fingerprint density at radius 3 is 2.39 bits per heavy atom. The number of nitriles is 1. The maximum atomic E-state index is 8.90. The van der Waals surface area contributed by atoms with Gasteiger partial charge in [-0.2, -0.15) is 5.26 Å². The number of methoxy groups -OCH3 is 1. The van der Waals surface area contributed by atoms with E-state index < -0.39 is 0 Å². The predicted octanol–water partition coefficient (Wildman–Crippen LogP) is 3.82. The van der Waals surface area contributed by atoms with Gasteiger partial charge >= 0.3 is 0 Å². The van der Waals surface area contributed by atoms with Crippen molar-refractivity contribution in [1.82, 2.24) is 4.90 Å². The van der Waals surface area contributed by atoms with Gasteiger partial charge in [-0.25, -0.2) is 0 Å². The zero-order chi connectivity index (χ0) is 16.7. The highest BCUT2D eigenvalue weighted by Gasteiger charge is 2.09. The third kappa shape index (κ3) is 5.21. The Kier molecular flexibility index (Phi) is 6.34. The molecule has 0 aromatic heterocycles. The molecule has 0 radical (unpaired) electrons. The van der Waals surface area contributed by atoms with E-state index in [0.29, 0.717) is 12.2 Å². The molecule has 2 aromatic carbocycles. The summed E-state index contributed by atoms with van der Waals surface area (Å²) in [6, 6.07) is 16.6. The zero-order valence-electron chi connectivity index (χ0n) is 14.2. The molecule has 120 valence electrons. The van der Waals surface area contributed by atoms with Gasteiger partial charge in [0.1, 0.15) is 0 Å². The molecular weight excluding hydrogens is 284 g/mol. The third-order valence-corrected chi connectivity index (χ3v) is 3.99. The van der Waals surface area contributed by atoms with E-state index in [-0.39, 0.29) is 0 Å². The average molecular weight is 308 g/mol. The van der Waals surface area contributed by atoms with Gasteiger partial charge in [-0.3, -0.25) is 4.90 Å². The van der Waals surface area contributed by atoms with Gasteiger partial charge in [-0.15, -0.1) is 0 Å². The second-order valence-electron chi connectivity index (χ2n) is 5.94. The number of hydrogen-bond donors (Lipinski definition) is 0. The summed E-state index contributed by atoms with van der Waals surface area (Å²) in [5, 5.41) is 8.90. The second kappa shape index (κ2) is 8.47. The van der Waals surface area contributed by atoms with Gasteiger partial charge in [-0.05, 0) is 42.7 Å². The Morgan fingerprint density at radius 1 is 1.04 bits per heavy atom. The molecule has 3 heteroatoms. The van der Waals surface area contributed by atoms with Gasteiger partial charge in [0.2, 0.25) is 0 Å². The van der Waals surface area contributed by atoms with E-state index in [9.17, 15) is 0 Å². The van der Waals surface area contributed by atoms with E-state index in [1.165, 1.54) is 22.3 Å². The molecule has 0 saturated carbocycles. The van der Waals surface area contributed by atoms with Crippen molar-refractivity contribution in [2.45, 2.75) is 26.9 Å². The molecule has 2 rings (SSSR count). The van der Waals surface area contributed by atoms with Crippen LogP contribution in [0.15, 0.2) is 42.5 Å². The molecule has 0 saturated heterocycles. The summed E-state index contributed by atoms with van der Waals surface area (Å²) in [5.74, 6) is 0. The third-order valence-electron chi connectivity index (χ3n) is 3.99. The fourth-order valence-electron chi connectivity index (χ4n) is 2.64. The van der Waals surface area contributed by atoms with Crippen LogP contribution in [0, 0.1) is 25.2 Å². The van der Waals surface area contributed by atoms with Crippen LogP contribution in [-0.2, 0) is 17.8 Å². The van der Waals surface area contributed by atoms with Crippen molar-refractivity contribution in [3.8, 4) is 6.07 Å². The fourth-order valence-corrected chi connectivity index (χ4v) is 2.64. The van der Waals surface area contributed by atoms with E-state index in [0.717, 1.165) is 19.6 Å². The van der Waals surface area contributed by atoms with E-state index in [2.05, 4.69) is 43.0 Å². The van der Waals surface area contributed by atoms with Crippen LogP contribution in [-0.4, -0.2) is 25.2 Å². The largest absolute Gasteiger partial charge is 0.383 e. The summed E-state index contributed by atoms with van der Waals surface area (Å²) in [6.07, 6.45) is 0. The van der Waals surface area contributed by atoms with Crippen LogP contribution in [0.2, 0.25) is 0 Å². The Morgan fingerprint density at radius 2 is 1.78 bits per heavy atom. The monoisotopic (exact) mass is 308 g/mol. The molecule has 0 fully saturated rings. The summed E-state index contributed by atoms with van der Waals surface area (Å²) in [6.45, 7) is 7.62. The molecule has 0 bridgehead atoms. The van der Waals surface area contributed by atoms with Crippen LogP contribution in [0.5, 0.6) is 0 Å². The molecule has 0 N–H and O–H groups in total. The van der Waals surface area contributed by atoms with Gasteiger partial charge < -0.3 is 4.74 Å². The molecule has 0 unspecified atom stereocenters. The lowest BCUT2D eigenvalue weighted by molar-refractivity contribution is 0.140. The van der Waals surface area contributed by atoms with Crippen LogP contribution < -0.4 is 0 Å². The standard InChI is InChI=1S/C20H24N2O/c1-16-4-9-20(17(2)12-16)15-22(10-11-23-3)14-19-7-5-18(13-21)6-8-19/h4-9,12H,10-11,14-15H2,1-3H3. The molecule has 0 aliphatic carbocycles. The lowest BCUT2D eigenvalue weighted by Crippen LogP contribution is -2.27. The van der Waals surface area contributed by atoms with E-state index in [1.54, 1.807) is 7.11 Å². The fraction of sp³-hybridized carbons (Fsp3) is 0.350. The maximum Gasteiger partial charge on any atom is 0.0991 e. The quantitative estimate of drug-likeness (QED) is 0.780. The first-order valence-electron chi connectivity index (χ1n) is 7.89. The molecule has 23 heavy (non-hydrogen) atoms. The average Bonchev–Trinajstić information content (AvgIpc) is 2.55. The van der Waals surface area contributed by atoms with Crippen LogP contribution in [0.25, 0.3) is 0 Å². The van der Waals surface area contributed by atoms with Crippen LogP contribution in [0.1, 0.15) is 27.8 Å². The highest BCUT2D eigenvalue weighted by molar-refractivity contribution is 5.32. The summed E-state index contributed by atoms with van der Waals surface area (Å²) in [5.41, 5.74) is 5.88. The molecule has 0 amide bonds. The number of ether oxygens (including phenoxy) is 1. The molecule has 3 nitrogen and oxygen atoms in total. The van der Waals surface area contributed by atoms with Gasteiger partial charge in [-0.1, -0.05) is 35.9 Å². The number of hydrogen-bond acceptors (Lipinski definition) is 3. The summed E-state index contributed by atoms with van der Waals surface area (Å²) >= 11 is 0. The molecule has 0 spiro atoms. The lowest BCUT2D eigenvalue weighted by atomic mass is 10.0. The van der Waals surface area contributed by atoms with Gasteiger partial charge in [0.15, 0.2) is 0 Å². The highest BCUT2D eigenvalue weighted by atomic mass is 16.5. The molecule has 0 atom stereocenters. The van der Waals surface area contributed by atoms with Crippen molar-refractivity contribution >= 4 is 0 Å². The first-order valence-corrected chi connectivity index (χ1v) is 7.89. The van der Waals surface area contributed by atoms with Crippen molar-refractivity contribution in [3.63, 3.8) is 0 Å². The van der Waals surface area contributed by atoms with Crippen LogP contribution in [0.3, 0.4) is 0 Å². The lowest BCUT2D eigenvalue weighted by Gasteiger charge is -2.23. The maximum absolute atomic E-state index is 8.90. The molecule has 2 aromatic rings. The molecular formula is C20H24N2O. The number of rotatable bonds is 7. The van der Waals surface area contributed by atoms with Crippen molar-refractivity contribution in [3.05, 3.63) is 70.3 Å². The number of nitrogens with zero attached hydrogens (tertiary/aromatic N) is 2. The van der Waals surface area contributed by atoms with Crippen molar-refractivity contribution in [2.75, 3.05) is 20.3 Å². The Bertz CT molecular complexity index is 671. The topological polar surface area (TPSA) is 36.3 Å². The normalized spacial score (nSPS) is 10.7. The van der Waals surface area contributed by atoms with Gasteiger partial charge in [0.05, 0.1) is 18.2 Å². The smallest absolute Gasteiger partial charge is 0.0991 e. The number of benzene rings is 2. The van der Waals surface area contributed by atoms with Crippen LogP contribution >= 0.6 is 0 Å². The molecule has 0 aliphatic heterocycles. The molecule has 0 heterocycles. The highest BCUT2D eigenvalue weighted by Crippen LogP contribution is 2.15. The minimum Gasteiger partial charge on any atom is -0.383 e. The van der Waals surface area contributed by atoms with Crippen molar-refractivity contribution in [1.29, 1.82) is 5.26 Å². The van der Waals surface area contributed by atoms with Crippen molar-refractivity contribution in [2.24, 2.45) is 0 Å². The second-order valence-corrected chi connectivity index (χ2v) is 5.94.